The zero-order chi connectivity index (χ0) is 28.3. The maximum atomic E-state index is 13.4. The number of carbonyl (C=O) groups excluding carboxylic acids is 4. The normalized spacial score (nSPS) is 15.9. The van der Waals surface area contributed by atoms with Gasteiger partial charge in [0.2, 0.25) is 17.7 Å². The smallest absolute Gasteiger partial charge is 0.328 e. The number of nitrogens with one attached hydrogen (secondary N) is 2. The number of hydrogen-bond acceptors (Lipinski definition) is 5. The molecule has 3 amide bonds. The first-order valence-electron chi connectivity index (χ1n) is 13.5. The fourth-order valence-electron chi connectivity index (χ4n) is 4.90. The predicted octanol–water partition coefficient (Wildman–Crippen LogP) is 3.37. The van der Waals surface area contributed by atoms with Crippen molar-refractivity contribution in [2.24, 2.45) is 0 Å². The summed E-state index contributed by atoms with van der Waals surface area (Å²) in [6.45, 7) is 0.461. The molecule has 0 aromatic heterocycles. The van der Waals surface area contributed by atoms with Crippen molar-refractivity contribution in [1.82, 2.24) is 15.5 Å². The molecule has 0 saturated carbocycles. The van der Waals surface area contributed by atoms with Gasteiger partial charge >= 0.3 is 5.97 Å². The zero-order valence-corrected chi connectivity index (χ0v) is 22.6. The largest absolute Gasteiger partial charge is 0.467 e. The molecule has 1 fully saturated rings. The second kappa shape index (κ2) is 14.1. The molecule has 1 aliphatic heterocycles. The number of rotatable bonds is 13. The summed E-state index contributed by atoms with van der Waals surface area (Å²) in [6.07, 6.45) is 1.63. The Hall–Kier alpha value is -4.46. The highest BCUT2D eigenvalue weighted by molar-refractivity contribution is 5.91. The van der Waals surface area contributed by atoms with Crippen molar-refractivity contribution in [2.75, 3.05) is 13.7 Å². The number of likely N-dealkylation sites (tertiary alicyclic amines) is 1. The lowest BCUT2D eigenvalue weighted by atomic mass is 9.93. The summed E-state index contributed by atoms with van der Waals surface area (Å²) in [5.41, 5.74) is 2.83. The van der Waals surface area contributed by atoms with Crippen LogP contribution in [-0.4, -0.2) is 54.3 Å². The van der Waals surface area contributed by atoms with Gasteiger partial charge in [-0.05, 0) is 23.1 Å². The van der Waals surface area contributed by atoms with Crippen molar-refractivity contribution in [3.05, 3.63) is 108 Å². The van der Waals surface area contributed by atoms with Gasteiger partial charge in [0.15, 0.2) is 0 Å². The van der Waals surface area contributed by atoms with Crippen LogP contribution in [0.15, 0.2) is 91.0 Å². The van der Waals surface area contributed by atoms with Gasteiger partial charge in [-0.2, -0.15) is 0 Å². The first-order valence-corrected chi connectivity index (χ1v) is 13.5. The Bertz CT molecular complexity index is 1280. The summed E-state index contributed by atoms with van der Waals surface area (Å²) < 4.78 is 4.93. The quantitative estimate of drug-likeness (QED) is 0.255. The SMILES string of the molecule is COC(=O)[C@H](Cc1ccccc1)NC(=O)[C@H](Cc1ccccc1)NC(=O)CCCN1C(=O)CC1c1ccccc1. The molecular weight excluding hydrogens is 506 g/mol. The zero-order valence-electron chi connectivity index (χ0n) is 22.6. The monoisotopic (exact) mass is 541 g/mol. The maximum Gasteiger partial charge on any atom is 0.328 e. The molecule has 0 aliphatic carbocycles. The van der Waals surface area contributed by atoms with E-state index in [-0.39, 0.29) is 37.1 Å². The van der Waals surface area contributed by atoms with Gasteiger partial charge in [0, 0.05) is 25.8 Å². The lowest BCUT2D eigenvalue weighted by Crippen LogP contribution is -2.53. The van der Waals surface area contributed by atoms with Crippen molar-refractivity contribution >= 4 is 23.7 Å². The van der Waals surface area contributed by atoms with E-state index in [1.807, 2.05) is 91.0 Å². The Labute approximate surface area is 234 Å². The van der Waals surface area contributed by atoms with Crippen LogP contribution in [0, 0.1) is 0 Å². The highest BCUT2D eigenvalue weighted by Crippen LogP contribution is 2.34. The van der Waals surface area contributed by atoms with Crippen molar-refractivity contribution in [2.45, 2.75) is 50.2 Å². The third kappa shape index (κ3) is 7.79. The van der Waals surface area contributed by atoms with Crippen LogP contribution in [0.3, 0.4) is 0 Å². The van der Waals surface area contributed by atoms with E-state index in [9.17, 15) is 19.2 Å². The van der Waals surface area contributed by atoms with Crippen LogP contribution in [-0.2, 0) is 36.8 Å². The van der Waals surface area contributed by atoms with E-state index in [2.05, 4.69) is 10.6 Å². The van der Waals surface area contributed by atoms with Gasteiger partial charge in [-0.3, -0.25) is 14.4 Å². The highest BCUT2D eigenvalue weighted by Gasteiger charge is 2.36. The molecule has 8 nitrogen and oxygen atoms in total. The van der Waals surface area contributed by atoms with Crippen LogP contribution in [0.1, 0.15) is 42.0 Å². The number of nitrogens with zero attached hydrogens (tertiary/aromatic N) is 1. The summed E-state index contributed by atoms with van der Waals surface area (Å²) >= 11 is 0. The van der Waals surface area contributed by atoms with Crippen LogP contribution in [0.5, 0.6) is 0 Å². The molecule has 2 N–H and O–H groups in total. The van der Waals surface area contributed by atoms with E-state index in [0.717, 1.165) is 16.7 Å². The van der Waals surface area contributed by atoms with Crippen LogP contribution in [0.25, 0.3) is 0 Å². The highest BCUT2D eigenvalue weighted by atomic mass is 16.5. The Balaban J connectivity index is 1.37. The van der Waals surface area contributed by atoms with Crippen LogP contribution < -0.4 is 10.6 Å². The lowest BCUT2D eigenvalue weighted by Gasteiger charge is -2.41. The fraction of sp³-hybridized carbons (Fsp3) is 0.312. The molecule has 1 heterocycles. The van der Waals surface area contributed by atoms with Gasteiger partial charge < -0.3 is 20.3 Å². The van der Waals surface area contributed by atoms with Crippen LogP contribution >= 0.6 is 0 Å². The van der Waals surface area contributed by atoms with Gasteiger partial charge in [0.25, 0.3) is 0 Å². The molecule has 1 aliphatic rings. The molecule has 3 aromatic rings. The number of β-lactam (4-membered cyclic amide) rings is 1. The Morgan fingerprint density at radius 1 is 0.825 bits per heavy atom. The van der Waals surface area contributed by atoms with E-state index >= 15 is 0 Å². The van der Waals surface area contributed by atoms with E-state index in [1.165, 1.54) is 7.11 Å². The number of esters is 1. The summed E-state index contributed by atoms with van der Waals surface area (Å²) in [7, 11) is 1.28. The average Bonchev–Trinajstić information content (AvgIpc) is 2.98. The Kier molecular flexibility index (Phi) is 10.0. The lowest BCUT2D eigenvalue weighted by molar-refractivity contribution is -0.147. The van der Waals surface area contributed by atoms with Crippen LogP contribution in [0.4, 0.5) is 0 Å². The summed E-state index contributed by atoms with van der Waals surface area (Å²) in [5, 5.41) is 5.63. The van der Waals surface area contributed by atoms with Gasteiger partial charge in [0.05, 0.1) is 19.6 Å². The topological polar surface area (TPSA) is 105 Å². The number of benzene rings is 3. The van der Waals surface area contributed by atoms with Crippen molar-refractivity contribution in [3.8, 4) is 0 Å². The van der Waals surface area contributed by atoms with Crippen molar-refractivity contribution < 1.29 is 23.9 Å². The number of methoxy groups -OCH3 is 1. The maximum absolute atomic E-state index is 13.4. The number of hydrogen-bond donors (Lipinski definition) is 2. The molecule has 0 radical (unpaired) electrons. The second-order valence-corrected chi connectivity index (χ2v) is 9.91. The average molecular weight is 542 g/mol. The molecule has 3 atom stereocenters. The molecule has 1 saturated heterocycles. The molecule has 4 rings (SSSR count). The summed E-state index contributed by atoms with van der Waals surface area (Å²) in [6, 6.07) is 26.8. The third-order valence-corrected chi connectivity index (χ3v) is 7.07. The van der Waals surface area contributed by atoms with Crippen molar-refractivity contribution in [3.63, 3.8) is 0 Å². The van der Waals surface area contributed by atoms with E-state index < -0.39 is 24.0 Å². The number of amides is 3. The van der Waals surface area contributed by atoms with Crippen molar-refractivity contribution in [1.29, 1.82) is 0 Å². The van der Waals surface area contributed by atoms with E-state index in [4.69, 9.17) is 4.74 Å². The Morgan fingerprint density at radius 2 is 1.38 bits per heavy atom. The standard InChI is InChI=1S/C32H35N3O5/c1-40-32(39)27(21-24-14-7-3-8-15-24)34-31(38)26(20-23-12-5-2-6-13-23)33-29(36)18-11-19-35-28(22-30(35)37)25-16-9-4-10-17-25/h2-10,12-17,26-28H,11,18-22H2,1H3,(H,33,36)(H,34,38)/t26-,27-,28?/m0/s1. The number of ether oxygens (including phenoxy) is 1. The predicted molar refractivity (Wildman–Crippen MR) is 151 cm³/mol. The molecule has 3 aromatic carbocycles. The molecule has 0 bridgehead atoms. The molecule has 1 unspecified atom stereocenters. The molecule has 0 spiro atoms. The third-order valence-electron chi connectivity index (χ3n) is 7.07. The summed E-state index contributed by atoms with van der Waals surface area (Å²) in [5.74, 6) is -1.25. The van der Waals surface area contributed by atoms with Gasteiger partial charge in [-0.15, -0.1) is 0 Å². The van der Waals surface area contributed by atoms with E-state index in [1.54, 1.807) is 4.90 Å². The van der Waals surface area contributed by atoms with Gasteiger partial charge in [-0.25, -0.2) is 4.79 Å². The van der Waals surface area contributed by atoms with Gasteiger partial charge in [-0.1, -0.05) is 91.0 Å². The van der Waals surface area contributed by atoms with E-state index in [0.29, 0.717) is 19.4 Å². The first-order chi connectivity index (χ1) is 19.4. The fourth-order valence-corrected chi connectivity index (χ4v) is 4.90. The minimum atomic E-state index is -0.901. The molecule has 208 valence electrons. The molecule has 8 heteroatoms. The second-order valence-electron chi connectivity index (χ2n) is 9.91. The van der Waals surface area contributed by atoms with Crippen LogP contribution in [0.2, 0.25) is 0 Å². The molecular formula is C32H35N3O5. The number of carbonyl (C=O) groups is 4. The minimum Gasteiger partial charge on any atom is -0.467 e. The Morgan fingerprint density at radius 3 is 1.93 bits per heavy atom. The summed E-state index contributed by atoms with van der Waals surface area (Å²) in [4.78, 5) is 52.8. The van der Waals surface area contributed by atoms with Gasteiger partial charge in [0.1, 0.15) is 12.1 Å². The minimum absolute atomic E-state index is 0.0354. The first kappa shape index (κ1) is 28.5. The molecule has 40 heavy (non-hydrogen) atoms.